The van der Waals surface area contributed by atoms with E-state index in [0.717, 1.165) is 17.4 Å². The molecule has 136 valence electrons. The Kier molecular flexibility index (Phi) is 4.77. The number of benzene rings is 1. The summed E-state index contributed by atoms with van der Waals surface area (Å²) in [6.45, 7) is 2.52. The van der Waals surface area contributed by atoms with Gasteiger partial charge >= 0.3 is 0 Å². The molecule has 2 aliphatic carbocycles. The van der Waals surface area contributed by atoms with Crippen molar-refractivity contribution in [3.63, 3.8) is 0 Å². The fourth-order valence-electron chi connectivity index (χ4n) is 5.46. The quantitative estimate of drug-likeness (QED) is 0.733. The molecule has 3 nitrogen and oxygen atoms in total. The van der Waals surface area contributed by atoms with Gasteiger partial charge in [-0.15, -0.1) is 0 Å². The summed E-state index contributed by atoms with van der Waals surface area (Å²) in [7, 11) is 3.44. The summed E-state index contributed by atoms with van der Waals surface area (Å²) in [6, 6.07) is 7.17. The topological polar surface area (TPSA) is 21.7 Å². The Morgan fingerprint density at radius 1 is 1.08 bits per heavy atom. The maximum Gasteiger partial charge on any atom is 0.161 e. The minimum atomic E-state index is 0.149. The number of likely N-dealkylation sites (tertiary alicyclic amines) is 1. The van der Waals surface area contributed by atoms with Crippen LogP contribution in [-0.4, -0.2) is 38.3 Å². The molecule has 1 aliphatic heterocycles. The van der Waals surface area contributed by atoms with E-state index >= 15 is 0 Å². The van der Waals surface area contributed by atoms with E-state index in [-0.39, 0.29) is 5.41 Å². The van der Waals surface area contributed by atoms with Crippen LogP contribution < -0.4 is 9.47 Å². The van der Waals surface area contributed by atoms with Crippen molar-refractivity contribution in [2.75, 3.05) is 27.3 Å². The van der Waals surface area contributed by atoms with Crippen LogP contribution in [-0.2, 0) is 5.41 Å². The Morgan fingerprint density at radius 2 is 1.88 bits per heavy atom. The number of ether oxygens (including phenoxy) is 2. The van der Waals surface area contributed by atoms with Gasteiger partial charge in [-0.05, 0) is 62.3 Å². The number of nitrogens with zero attached hydrogens (tertiary/aromatic N) is 1. The Hall–Kier alpha value is -1.48. The molecule has 2 atom stereocenters. The maximum atomic E-state index is 5.58. The van der Waals surface area contributed by atoms with E-state index in [1.807, 2.05) is 0 Å². The van der Waals surface area contributed by atoms with E-state index in [4.69, 9.17) is 9.47 Å². The molecule has 0 aromatic heterocycles. The highest BCUT2D eigenvalue weighted by atomic mass is 16.5. The van der Waals surface area contributed by atoms with Crippen LogP contribution in [0.1, 0.15) is 50.5 Å². The van der Waals surface area contributed by atoms with Crippen molar-refractivity contribution in [2.24, 2.45) is 5.92 Å². The SMILES string of the molecule is COc1ccc([C@@]23C=CCCC2N(CC2CCCC2)CC3)cc1OC. The molecule has 0 spiro atoms. The highest BCUT2D eigenvalue weighted by molar-refractivity contribution is 5.48. The summed E-state index contributed by atoms with van der Waals surface area (Å²) < 4.78 is 11.0. The molecule has 0 bridgehead atoms. The van der Waals surface area contributed by atoms with E-state index in [2.05, 4.69) is 35.3 Å². The Bertz CT molecular complexity index is 635. The van der Waals surface area contributed by atoms with Gasteiger partial charge in [-0.1, -0.05) is 31.1 Å². The minimum Gasteiger partial charge on any atom is -0.493 e. The van der Waals surface area contributed by atoms with Crippen molar-refractivity contribution >= 4 is 0 Å². The number of allylic oxidation sites excluding steroid dienone is 1. The van der Waals surface area contributed by atoms with Gasteiger partial charge in [0.15, 0.2) is 11.5 Å². The first-order chi connectivity index (χ1) is 12.3. The molecule has 1 aromatic carbocycles. The van der Waals surface area contributed by atoms with Gasteiger partial charge in [-0.2, -0.15) is 0 Å². The van der Waals surface area contributed by atoms with Crippen molar-refractivity contribution in [3.8, 4) is 11.5 Å². The summed E-state index contributed by atoms with van der Waals surface area (Å²) >= 11 is 0. The highest BCUT2D eigenvalue weighted by Crippen LogP contribution is 2.48. The van der Waals surface area contributed by atoms with Crippen LogP contribution >= 0.6 is 0 Å². The predicted octanol–water partition coefficient (Wildman–Crippen LogP) is 4.56. The van der Waals surface area contributed by atoms with Gasteiger partial charge in [-0.3, -0.25) is 4.90 Å². The number of methoxy groups -OCH3 is 2. The van der Waals surface area contributed by atoms with Crippen LogP contribution in [0.15, 0.2) is 30.4 Å². The van der Waals surface area contributed by atoms with Gasteiger partial charge in [0.25, 0.3) is 0 Å². The van der Waals surface area contributed by atoms with Crippen LogP contribution in [0, 0.1) is 5.92 Å². The largest absolute Gasteiger partial charge is 0.493 e. The third-order valence-electron chi connectivity index (χ3n) is 6.76. The first-order valence-corrected chi connectivity index (χ1v) is 9.91. The predicted molar refractivity (Wildman–Crippen MR) is 102 cm³/mol. The fourth-order valence-corrected chi connectivity index (χ4v) is 5.46. The number of hydrogen-bond donors (Lipinski definition) is 0. The molecule has 1 heterocycles. The molecule has 25 heavy (non-hydrogen) atoms. The molecule has 0 radical (unpaired) electrons. The second-order valence-electron chi connectivity index (χ2n) is 8.00. The normalized spacial score (nSPS) is 29.8. The third-order valence-corrected chi connectivity index (χ3v) is 6.76. The average molecular weight is 341 g/mol. The Labute approximate surface area is 152 Å². The van der Waals surface area contributed by atoms with Gasteiger partial charge in [0.1, 0.15) is 0 Å². The zero-order chi connectivity index (χ0) is 17.3. The second-order valence-corrected chi connectivity index (χ2v) is 8.00. The molecule has 0 N–H and O–H groups in total. The first-order valence-electron chi connectivity index (χ1n) is 9.91. The smallest absolute Gasteiger partial charge is 0.161 e. The molecular formula is C22H31NO2. The third kappa shape index (κ3) is 2.97. The summed E-state index contributed by atoms with van der Waals surface area (Å²) in [5, 5.41) is 0. The fraction of sp³-hybridized carbons (Fsp3) is 0.636. The van der Waals surface area contributed by atoms with Gasteiger partial charge < -0.3 is 9.47 Å². The van der Waals surface area contributed by atoms with Crippen LogP contribution in [0.5, 0.6) is 11.5 Å². The summed E-state index contributed by atoms with van der Waals surface area (Å²) in [6.07, 6.45) is 14.3. The number of hydrogen-bond acceptors (Lipinski definition) is 3. The van der Waals surface area contributed by atoms with Gasteiger partial charge in [0.2, 0.25) is 0 Å². The molecule has 3 aliphatic rings. The number of rotatable bonds is 5. The van der Waals surface area contributed by atoms with Crippen molar-refractivity contribution in [3.05, 3.63) is 35.9 Å². The van der Waals surface area contributed by atoms with Crippen LogP contribution in [0.3, 0.4) is 0 Å². The molecule has 1 saturated carbocycles. The zero-order valence-electron chi connectivity index (χ0n) is 15.7. The summed E-state index contributed by atoms with van der Waals surface area (Å²) in [5.41, 5.74) is 1.54. The molecule has 4 rings (SSSR count). The van der Waals surface area contributed by atoms with E-state index in [1.54, 1.807) is 14.2 Å². The Morgan fingerprint density at radius 3 is 2.64 bits per heavy atom. The lowest BCUT2D eigenvalue weighted by Crippen LogP contribution is -2.44. The first kappa shape index (κ1) is 17.0. The monoisotopic (exact) mass is 341 g/mol. The van der Waals surface area contributed by atoms with E-state index < -0.39 is 0 Å². The molecular weight excluding hydrogens is 310 g/mol. The van der Waals surface area contributed by atoms with E-state index in [9.17, 15) is 0 Å². The lowest BCUT2D eigenvalue weighted by molar-refractivity contribution is 0.180. The molecule has 1 unspecified atom stereocenters. The van der Waals surface area contributed by atoms with Crippen LogP contribution in [0.4, 0.5) is 0 Å². The van der Waals surface area contributed by atoms with Crippen LogP contribution in [0.25, 0.3) is 0 Å². The van der Waals surface area contributed by atoms with E-state index in [1.165, 1.54) is 63.6 Å². The van der Waals surface area contributed by atoms with Crippen molar-refractivity contribution in [2.45, 2.75) is 56.4 Å². The Balaban J connectivity index is 1.64. The molecule has 1 saturated heterocycles. The maximum absolute atomic E-state index is 5.58. The van der Waals surface area contributed by atoms with Gasteiger partial charge in [0.05, 0.1) is 14.2 Å². The van der Waals surface area contributed by atoms with Crippen LogP contribution in [0.2, 0.25) is 0 Å². The van der Waals surface area contributed by atoms with Crippen molar-refractivity contribution < 1.29 is 9.47 Å². The second kappa shape index (κ2) is 7.03. The lowest BCUT2D eigenvalue weighted by atomic mass is 9.70. The minimum absolute atomic E-state index is 0.149. The van der Waals surface area contributed by atoms with Crippen molar-refractivity contribution in [1.29, 1.82) is 0 Å². The molecule has 2 fully saturated rings. The zero-order valence-corrected chi connectivity index (χ0v) is 15.7. The summed E-state index contributed by atoms with van der Waals surface area (Å²) in [4.78, 5) is 2.80. The summed E-state index contributed by atoms with van der Waals surface area (Å²) in [5.74, 6) is 2.59. The molecule has 0 amide bonds. The molecule has 1 aromatic rings. The average Bonchev–Trinajstić information content (AvgIpc) is 3.30. The van der Waals surface area contributed by atoms with Gasteiger partial charge in [0, 0.05) is 18.0 Å². The standard InChI is InChI=1S/C22H31NO2/c1-24-19-11-10-18(15-20(19)25-2)22-12-6-5-9-21(22)23(14-13-22)16-17-7-3-4-8-17/h6,10-12,15,17,21H,3-5,7-9,13-14,16H2,1-2H3/t21?,22-/m0/s1. The molecule has 3 heteroatoms. The lowest BCUT2D eigenvalue weighted by Gasteiger charge is -2.40. The van der Waals surface area contributed by atoms with Gasteiger partial charge in [-0.25, -0.2) is 0 Å². The number of fused-ring (bicyclic) bond motifs is 1. The van der Waals surface area contributed by atoms with Crippen molar-refractivity contribution in [1.82, 2.24) is 4.90 Å². The highest BCUT2D eigenvalue weighted by Gasteiger charge is 2.48. The van der Waals surface area contributed by atoms with E-state index in [0.29, 0.717) is 6.04 Å².